The summed E-state index contributed by atoms with van der Waals surface area (Å²) in [4.78, 5) is 12.4. The molecule has 0 aromatic heterocycles. The third-order valence-corrected chi connectivity index (χ3v) is 8.72. The number of aliphatic hydroxyl groups excluding tert-OH is 1. The highest BCUT2D eigenvalue weighted by Gasteiger charge is 2.60. The van der Waals surface area contributed by atoms with Gasteiger partial charge in [-0.05, 0) is 80.0 Å². The summed E-state index contributed by atoms with van der Waals surface area (Å²) in [6.07, 6.45) is 9.06. The molecule has 2 nitrogen and oxygen atoms in total. The number of ketones is 1. The molecule has 4 aliphatic carbocycles. The van der Waals surface area contributed by atoms with Crippen LogP contribution in [0.4, 0.5) is 0 Å². The first kappa shape index (κ1) is 15.2. The Morgan fingerprint density at radius 1 is 1.09 bits per heavy atom. The highest BCUT2D eigenvalue weighted by atomic mass is 16.3. The third-order valence-electron chi connectivity index (χ3n) is 8.72. The Morgan fingerprint density at radius 2 is 1.86 bits per heavy atom. The van der Waals surface area contributed by atoms with Crippen LogP contribution >= 0.6 is 0 Å². The van der Waals surface area contributed by atoms with E-state index in [0.717, 1.165) is 37.5 Å². The summed E-state index contributed by atoms with van der Waals surface area (Å²) >= 11 is 0. The molecule has 22 heavy (non-hydrogen) atoms. The first-order valence-corrected chi connectivity index (χ1v) is 9.57. The van der Waals surface area contributed by atoms with Crippen molar-refractivity contribution in [1.29, 1.82) is 0 Å². The summed E-state index contributed by atoms with van der Waals surface area (Å²) in [7, 11) is 0. The minimum absolute atomic E-state index is 0.00413. The van der Waals surface area contributed by atoms with Crippen molar-refractivity contribution in [3.63, 3.8) is 0 Å². The van der Waals surface area contributed by atoms with E-state index in [1.54, 1.807) is 0 Å². The summed E-state index contributed by atoms with van der Waals surface area (Å²) in [6.45, 7) is 7.03. The average molecular weight is 304 g/mol. The molecular weight excluding hydrogens is 272 g/mol. The molecule has 4 fully saturated rings. The minimum atomic E-state index is -0.0865. The zero-order chi connectivity index (χ0) is 15.7. The van der Waals surface area contributed by atoms with Crippen molar-refractivity contribution in [3.05, 3.63) is 0 Å². The van der Waals surface area contributed by atoms with E-state index >= 15 is 0 Å². The number of aliphatic hydroxyl groups is 1. The standard InChI is InChI=1S/C20H32O2/c1-12-11-20(3)13(10-17(12)21)4-5-14-15-6-7-18(22)19(15,2)9-8-16(14)20/h12-17,21H,4-11H2,1-3H3/t12?,13?,14-,15-,16+,17?,19-,20-/m0/s1. The molecule has 2 heteroatoms. The van der Waals surface area contributed by atoms with E-state index in [-0.39, 0.29) is 11.5 Å². The van der Waals surface area contributed by atoms with Crippen LogP contribution in [-0.4, -0.2) is 17.0 Å². The smallest absolute Gasteiger partial charge is 0.139 e. The predicted octanol–water partition coefficient (Wildman–Crippen LogP) is 4.21. The molecule has 4 aliphatic rings. The zero-order valence-electron chi connectivity index (χ0n) is 14.5. The monoisotopic (exact) mass is 304 g/mol. The molecule has 4 rings (SSSR count). The molecule has 3 unspecified atom stereocenters. The van der Waals surface area contributed by atoms with Crippen molar-refractivity contribution in [2.75, 3.05) is 0 Å². The number of Topliss-reactive ketones (excluding diaryl/α,β-unsaturated/α-hetero) is 1. The van der Waals surface area contributed by atoms with Gasteiger partial charge in [-0.3, -0.25) is 4.79 Å². The minimum Gasteiger partial charge on any atom is -0.393 e. The summed E-state index contributed by atoms with van der Waals surface area (Å²) in [5, 5.41) is 10.3. The van der Waals surface area contributed by atoms with Gasteiger partial charge in [0, 0.05) is 11.8 Å². The van der Waals surface area contributed by atoms with Crippen molar-refractivity contribution in [3.8, 4) is 0 Å². The zero-order valence-corrected chi connectivity index (χ0v) is 14.5. The lowest BCUT2D eigenvalue weighted by atomic mass is 9.44. The highest BCUT2D eigenvalue weighted by Crippen LogP contribution is 2.65. The molecule has 0 radical (unpaired) electrons. The lowest BCUT2D eigenvalue weighted by molar-refractivity contribution is -0.148. The van der Waals surface area contributed by atoms with E-state index in [0.29, 0.717) is 29.0 Å². The quantitative estimate of drug-likeness (QED) is 0.728. The summed E-state index contributed by atoms with van der Waals surface area (Å²) in [6, 6.07) is 0. The summed E-state index contributed by atoms with van der Waals surface area (Å²) in [5.74, 6) is 3.92. The van der Waals surface area contributed by atoms with Gasteiger partial charge < -0.3 is 5.11 Å². The van der Waals surface area contributed by atoms with Crippen LogP contribution in [0.15, 0.2) is 0 Å². The molecule has 0 aromatic rings. The first-order valence-electron chi connectivity index (χ1n) is 9.57. The molecule has 0 spiro atoms. The Bertz CT molecular complexity index is 486. The van der Waals surface area contributed by atoms with Crippen molar-refractivity contribution < 1.29 is 9.90 Å². The summed E-state index contributed by atoms with van der Waals surface area (Å²) in [5.41, 5.74) is 0.415. The van der Waals surface area contributed by atoms with Crippen LogP contribution in [0.5, 0.6) is 0 Å². The first-order chi connectivity index (χ1) is 10.4. The van der Waals surface area contributed by atoms with Gasteiger partial charge in [-0.15, -0.1) is 0 Å². The van der Waals surface area contributed by atoms with Gasteiger partial charge in [-0.1, -0.05) is 20.8 Å². The number of hydrogen-bond donors (Lipinski definition) is 1. The van der Waals surface area contributed by atoms with Crippen LogP contribution in [0.2, 0.25) is 0 Å². The molecule has 0 saturated heterocycles. The second kappa shape index (κ2) is 4.82. The van der Waals surface area contributed by atoms with E-state index in [1.807, 2.05) is 0 Å². The van der Waals surface area contributed by atoms with E-state index in [2.05, 4.69) is 20.8 Å². The largest absolute Gasteiger partial charge is 0.393 e. The van der Waals surface area contributed by atoms with Gasteiger partial charge in [0.05, 0.1) is 6.10 Å². The lowest BCUT2D eigenvalue weighted by Gasteiger charge is -2.61. The normalized spacial score (nSPS) is 57.9. The van der Waals surface area contributed by atoms with Crippen molar-refractivity contribution >= 4 is 5.78 Å². The second-order valence-electron chi connectivity index (χ2n) is 9.56. The fraction of sp³-hybridized carbons (Fsp3) is 0.950. The van der Waals surface area contributed by atoms with Gasteiger partial charge in [-0.2, -0.15) is 0 Å². The number of fused-ring (bicyclic) bond motifs is 5. The maximum atomic E-state index is 12.4. The SMILES string of the molecule is CC1C[C@@]2(C)C(CC[C@@H]3[C@H]2CC[C@]2(C)C(=O)CC[C@@H]32)CC1O. The van der Waals surface area contributed by atoms with Crippen LogP contribution < -0.4 is 0 Å². The van der Waals surface area contributed by atoms with Crippen LogP contribution in [0.25, 0.3) is 0 Å². The molecule has 124 valence electrons. The fourth-order valence-corrected chi connectivity index (χ4v) is 7.36. The Labute approximate surface area is 135 Å². The van der Waals surface area contributed by atoms with Gasteiger partial charge in [0.2, 0.25) is 0 Å². The maximum absolute atomic E-state index is 12.4. The number of carbonyl (C=O) groups is 1. The molecule has 4 saturated carbocycles. The number of hydrogen-bond acceptors (Lipinski definition) is 2. The van der Waals surface area contributed by atoms with Gasteiger partial charge >= 0.3 is 0 Å². The van der Waals surface area contributed by atoms with E-state index in [4.69, 9.17) is 0 Å². The van der Waals surface area contributed by atoms with Crippen molar-refractivity contribution in [2.24, 2.45) is 40.4 Å². The van der Waals surface area contributed by atoms with Crippen LogP contribution in [0.3, 0.4) is 0 Å². The third kappa shape index (κ3) is 1.85. The van der Waals surface area contributed by atoms with Crippen molar-refractivity contribution in [2.45, 2.75) is 78.2 Å². The predicted molar refractivity (Wildman–Crippen MR) is 87.3 cm³/mol. The molecule has 0 aromatic carbocycles. The average Bonchev–Trinajstić information content (AvgIpc) is 2.77. The molecule has 0 heterocycles. The molecule has 0 aliphatic heterocycles. The topological polar surface area (TPSA) is 37.3 Å². The Morgan fingerprint density at radius 3 is 2.64 bits per heavy atom. The molecule has 8 atom stereocenters. The van der Waals surface area contributed by atoms with Crippen molar-refractivity contribution in [1.82, 2.24) is 0 Å². The maximum Gasteiger partial charge on any atom is 0.139 e. The molecule has 1 N–H and O–H groups in total. The second-order valence-corrected chi connectivity index (χ2v) is 9.56. The van der Waals surface area contributed by atoms with Gasteiger partial charge in [0.1, 0.15) is 5.78 Å². The molecule has 0 bridgehead atoms. The van der Waals surface area contributed by atoms with E-state index in [1.165, 1.54) is 25.7 Å². The number of carbonyl (C=O) groups excluding carboxylic acids is 1. The number of rotatable bonds is 0. The van der Waals surface area contributed by atoms with E-state index in [9.17, 15) is 9.90 Å². The Hall–Kier alpha value is -0.370. The molecule has 0 amide bonds. The Kier molecular flexibility index (Phi) is 3.32. The highest BCUT2D eigenvalue weighted by molar-refractivity contribution is 5.87. The lowest BCUT2D eigenvalue weighted by Crippen LogP contribution is -2.55. The summed E-state index contributed by atoms with van der Waals surface area (Å²) < 4.78 is 0. The van der Waals surface area contributed by atoms with Crippen LogP contribution in [-0.2, 0) is 4.79 Å². The van der Waals surface area contributed by atoms with Crippen LogP contribution in [0, 0.1) is 40.4 Å². The molecular formula is C20H32O2. The van der Waals surface area contributed by atoms with Gasteiger partial charge in [-0.25, -0.2) is 0 Å². The van der Waals surface area contributed by atoms with E-state index < -0.39 is 0 Å². The van der Waals surface area contributed by atoms with Gasteiger partial charge in [0.15, 0.2) is 0 Å². The van der Waals surface area contributed by atoms with Crippen LogP contribution in [0.1, 0.15) is 72.1 Å². The Balaban J connectivity index is 1.65. The van der Waals surface area contributed by atoms with Gasteiger partial charge in [0.25, 0.3) is 0 Å². The fourth-order valence-electron chi connectivity index (χ4n) is 7.36.